The van der Waals surface area contributed by atoms with Crippen molar-refractivity contribution in [2.75, 3.05) is 7.11 Å². The zero-order valence-electron chi connectivity index (χ0n) is 9.61. The molecule has 1 aromatic heterocycles. The lowest BCUT2D eigenvalue weighted by Crippen LogP contribution is -2.02. The Labute approximate surface area is 107 Å². The maximum Gasteiger partial charge on any atom is 0.337 e. The van der Waals surface area contributed by atoms with Gasteiger partial charge in [0.15, 0.2) is 0 Å². The molecule has 17 heavy (non-hydrogen) atoms. The average Bonchev–Trinajstić information content (AvgIpc) is 2.72. The summed E-state index contributed by atoms with van der Waals surface area (Å²) in [6.45, 7) is 2.87. The van der Waals surface area contributed by atoms with Gasteiger partial charge in [-0.2, -0.15) is 0 Å². The smallest absolute Gasteiger partial charge is 0.337 e. The highest BCUT2D eigenvalue weighted by Gasteiger charge is 2.13. The van der Waals surface area contributed by atoms with Crippen LogP contribution in [0.4, 0.5) is 0 Å². The average molecular weight is 298 g/mol. The minimum atomic E-state index is -0.377. The van der Waals surface area contributed by atoms with Crippen molar-refractivity contribution < 1.29 is 9.53 Å². The van der Waals surface area contributed by atoms with Gasteiger partial charge in [0.2, 0.25) is 0 Å². The summed E-state index contributed by atoms with van der Waals surface area (Å²) in [5.74, 6) is -0.377. The third-order valence-electron chi connectivity index (χ3n) is 2.42. The van der Waals surface area contributed by atoms with Crippen LogP contribution in [-0.2, 0) is 11.3 Å². The van der Waals surface area contributed by atoms with Crippen LogP contribution in [0.1, 0.15) is 23.7 Å². The monoisotopic (exact) mass is 297 g/mol. The van der Waals surface area contributed by atoms with Crippen LogP contribution in [0.15, 0.2) is 16.6 Å². The highest BCUT2D eigenvalue weighted by molar-refractivity contribution is 9.10. The zero-order valence-corrected chi connectivity index (χ0v) is 11.2. The predicted molar refractivity (Wildman–Crippen MR) is 66.9 cm³/mol. The SMILES string of the molecule is CCCn1nnc2cc(C(=O)OC)cc(Br)c21. The lowest BCUT2D eigenvalue weighted by atomic mass is 10.2. The third kappa shape index (κ3) is 2.17. The number of fused-ring (bicyclic) bond motifs is 1. The molecule has 0 aliphatic carbocycles. The Kier molecular flexibility index (Phi) is 3.42. The molecule has 2 rings (SSSR count). The molecular weight excluding hydrogens is 286 g/mol. The maximum atomic E-state index is 11.4. The Morgan fingerprint density at radius 1 is 1.53 bits per heavy atom. The molecule has 6 heteroatoms. The highest BCUT2D eigenvalue weighted by atomic mass is 79.9. The molecule has 0 amide bonds. The van der Waals surface area contributed by atoms with Gasteiger partial charge in [0.1, 0.15) is 11.0 Å². The quantitative estimate of drug-likeness (QED) is 0.816. The van der Waals surface area contributed by atoms with E-state index >= 15 is 0 Å². The fourth-order valence-electron chi connectivity index (χ4n) is 1.67. The molecule has 0 aliphatic heterocycles. The third-order valence-corrected chi connectivity index (χ3v) is 3.02. The number of aromatic nitrogens is 3. The number of hydrogen-bond donors (Lipinski definition) is 0. The van der Waals surface area contributed by atoms with Crippen molar-refractivity contribution in [3.05, 3.63) is 22.2 Å². The molecule has 2 aromatic rings. The lowest BCUT2D eigenvalue weighted by molar-refractivity contribution is 0.0601. The van der Waals surface area contributed by atoms with Crippen LogP contribution in [0.2, 0.25) is 0 Å². The second kappa shape index (κ2) is 4.83. The molecule has 5 nitrogen and oxygen atoms in total. The first kappa shape index (κ1) is 12.0. The topological polar surface area (TPSA) is 57.0 Å². The maximum absolute atomic E-state index is 11.4. The van der Waals surface area contributed by atoms with E-state index in [1.807, 2.05) is 4.68 Å². The molecule has 0 radical (unpaired) electrons. The number of hydrogen-bond acceptors (Lipinski definition) is 4. The minimum Gasteiger partial charge on any atom is -0.465 e. The van der Waals surface area contributed by atoms with Crippen LogP contribution in [0.5, 0.6) is 0 Å². The number of aryl methyl sites for hydroxylation is 1. The number of ether oxygens (including phenoxy) is 1. The second-order valence-electron chi connectivity index (χ2n) is 3.63. The highest BCUT2D eigenvalue weighted by Crippen LogP contribution is 2.25. The Balaban J connectivity index is 2.57. The summed E-state index contributed by atoms with van der Waals surface area (Å²) < 4.78 is 7.30. The lowest BCUT2D eigenvalue weighted by Gasteiger charge is -2.03. The number of esters is 1. The van der Waals surface area contributed by atoms with Gasteiger partial charge in [-0.3, -0.25) is 0 Å². The van der Waals surface area contributed by atoms with Crippen molar-refractivity contribution >= 4 is 32.9 Å². The first-order valence-electron chi connectivity index (χ1n) is 5.28. The Hall–Kier alpha value is -1.43. The van der Waals surface area contributed by atoms with Crippen molar-refractivity contribution in [2.45, 2.75) is 19.9 Å². The molecule has 0 aliphatic rings. The molecule has 1 heterocycles. The number of carbonyl (C=O) groups excluding carboxylic acids is 1. The van der Waals surface area contributed by atoms with Crippen molar-refractivity contribution in [3.63, 3.8) is 0 Å². The van der Waals surface area contributed by atoms with Crippen molar-refractivity contribution in [3.8, 4) is 0 Å². The van der Waals surface area contributed by atoms with Gasteiger partial charge in [0.05, 0.1) is 12.7 Å². The largest absolute Gasteiger partial charge is 0.465 e. The second-order valence-corrected chi connectivity index (χ2v) is 4.48. The number of carbonyl (C=O) groups is 1. The van der Waals surface area contributed by atoms with Gasteiger partial charge in [-0.05, 0) is 34.5 Å². The van der Waals surface area contributed by atoms with Crippen LogP contribution in [-0.4, -0.2) is 28.1 Å². The van der Waals surface area contributed by atoms with E-state index in [1.165, 1.54) is 7.11 Å². The van der Waals surface area contributed by atoms with E-state index in [4.69, 9.17) is 0 Å². The molecule has 0 unspecified atom stereocenters. The van der Waals surface area contributed by atoms with Crippen LogP contribution in [0.25, 0.3) is 11.0 Å². The first-order chi connectivity index (χ1) is 8.17. The molecule has 0 saturated carbocycles. The Bertz CT molecular complexity index is 565. The zero-order chi connectivity index (χ0) is 12.4. The van der Waals surface area contributed by atoms with Crippen LogP contribution in [0.3, 0.4) is 0 Å². The van der Waals surface area contributed by atoms with E-state index < -0.39 is 0 Å². The fourth-order valence-corrected chi connectivity index (χ4v) is 2.32. The van der Waals surface area contributed by atoms with Crippen LogP contribution >= 0.6 is 15.9 Å². The minimum absolute atomic E-state index is 0.377. The number of rotatable bonds is 3. The Morgan fingerprint density at radius 2 is 2.29 bits per heavy atom. The molecule has 0 fully saturated rings. The van der Waals surface area contributed by atoms with Gasteiger partial charge in [0, 0.05) is 11.0 Å². The van der Waals surface area contributed by atoms with E-state index in [9.17, 15) is 4.79 Å². The van der Waals surface area contributed by atoms with E-state index in [1.54, 1.807) is 12.1 Å². The number of methoxy groups -OCH3 is 1. The summed E-state index contributed by atoms with van der Waals surface area (Å²) in [6.07, 6.45) is 0.976. The van der Waals surface area contributed by atoms with Crippen LogP contribution in [0, 0.1) is 0 Å². The van der Waals surface area contributed by atoms with Gasteiger partial charge in [-0.15, -0.1) is 5.10 Å². The summed E-state index contributed by atoms with van der Waals surface area (Å²) in [4.78, 5) is 11.4. The molecule has 90 valence electrons. The summed E-state index contributed by atoms with van der Waals surface area (Å²) >= 11 is 3.44. The number of nitrogens with zero attached hydrogens (tertiary/aromatic N) is 3. The molecule has 0 bridgehead atoms. The Morgan fingerprint density at radius 3 is 2.94 bits per heavy atom. The van der Waals surface area contributed by atoms with E-state index in [-0.39, 0.29) is 5.97 Å². The summed E-state index contributed by atoms with van der Waals surface area (Å²) in [5, 5.41) is 8.11. The van der Waals surface area contributed by atoms with Crippen molar-refractivity contribution in [1.29, 1.82) is 0 Å². The summed E-state index contributed by atoms with van der Waals surface area (Å²) in [6, 6.07) is 3.41. The molecule has 0 N–H and O–H groups in total. The van der Waals surface area contributed by atoms with Gasteiger partial charge >= 0.3 is 5.97 Å². The molecule has 0 atom stereocenters. The van der Waals surface area contributed by atoms with Crippen molar-refractivity contribution in [1.82, 2.24) is 15.0 Å². The predicted octanol–water partition coefficient (Wildman–Crippen LogP) is 2.39. The molecule has 0 saturated heterocycles. The van der Waals surface area contributed by atoms with Crippen molar-refractivity contribution in [2.24, 2.45) is 0 Å². The standard InChI is InChI=1S/C11H12BrN3O2/c1-3-4-15-10-8(12)5-7(11(16)17-2)6-9(10)13-14-15/h5-6H,3-4H2,1-2H3. The normalized spacial score (nSPS) is 10.8. The number of halogens is 1. The molecule has 0 spiro atoms. The fraction of sp³-hybridized carbons (Fsp3) is 0.364. The van der Waals surface area contributed by atoms with E-state index in [2.05, 4.69) is 37.9 Å². The first-order valence-corrected chi connectivity index (χ1v) is 6.07. The van der Waals surface area contributed by atoms with E-state index in [0.717, 1.165) is 23.0 Å². The van der Waals surface area contributed by atoms with Crippen LogP contribution < -0.4 is 0 Å². The van der Waals surface area contributed by atoms with E-state index in [0.29, 0.717) is 11.1 Å². The van der Waals surface area contributed by atoms with Gasteiger partial charge < -0.3 is 4.74 Å². The number of benzene rings is 1. The summed E-state index contributed by atoms with van der Waals surface area (Å²) in [5.41, 5.74) is 2.06. The van der Waals surface area contributed by atoms with Gasteiger partial charge in [-0.25, -0.2) is 9.48 Å². The van der Waals surface area contributed by atoms with Gasteiger partial charge in [-0.1, -0.05) is 12.1 Å². The molecule has 1 aromatic carbocycles. The summed E-state index contributed by atoms with van der Waals surface area (Å²) in [7, 11) is 1.36. The van der Waals surface area contributed by atoms with Gasteiger partial charge in [0.25, 0.3) is 0 Å². The molecular formula is C11H12BrN3O2.